The molecule has 0 saturated heterocycles. The number of fused-ring (bicyclic) bond motifs is 1. The number of hydrazone groups is 1. The lowest BCUT2D eigenvalue weighted by molar-refractivity contribution is 0.0711. The van der Waals surface area contributed by atoms with E-state index in [1.54, 1.807) is 26.4 Å². The van der Waals surface area contributed by atoms with Gasteiger partial charge in [0.05, 0.1) is 31.5 Å². The van der Waals surface area contributed by atoms with Crippen LogP contribution in [0.25, 0.3) is 10.9 Å². The Labute approximate surface area is 202 Å². The number of benzene rings is 3. The third kappa shape index (κ3) is 4.08. The summed E-state index contributed by atoms with van der Waals surface area (Å²) in [5, 5.41) is 7.51. The summed E-state index contributed by atoms with van der Waals surface area (Å²) < 4.78 is 10.6. The fourth-order valence-corrected chi connectivity index (χ4v) is 4.38. The van der Waals surface area contributed by atoms with Gasteiger partial charge in [-0.2, -0.15) is 5.10 Å². The van der Waals surface area contributed by atoms with Crippen molar-refractivity contribution in [2.24, 2.45) is 5.10 Å². The maximum absolute atomic E-state index is 13.5. The van der Waals surface area contributed by atoms with Crippen LogP contribution >= 0.6 is 11.6 Å². The third-order valence-corrected chi connectivity index (χ3v) is 6.23. The summed E-state index contributed by atoms with van der Waals surface area (Å²) in [6.45, 7) is 0. The van der Waals surface area contributed by atoms with Gasteiger partial charge in [-0.25, -0.2) is 9.99 Å². The van der Waals surface area contributed by atoms with Crippen LogP contribution in [0.4, 0.5) is 0 Å². The number of hydrogen-bond acceptors (Lipinski definition) is 5. The molecule has 7 heteroatoms. The molecular formula is C27H22ClN3O3. The van der Waals surface area contributed by atoms with Crippen LogP contribution < -0.4 is 9.47 Å². The Bertz CT molecular complexity index is 1390. The van der Waals surface area contributed by atoms with E-state index in [4.69, 9.17) is 26.2 Å². The summed E-state index contributed by atoms with van der Waals surface area (Å²) in [7, 11) is 3.24. The number of hydrogen-bond donors (Lipinski definition) is 0. The highest BCUT2D eigenvalue weighted by Crippen LogP contribution is 2.38. The number of amides is 1. The highest BCUT2D eigenvalue weighted by Gasteiger charge is 2.35. The largest absolute Gasteiger partial charge is 0.497 e. The van der Waals surface area contributed by atoms with E-state index in [0.717, 1.165) is 33.5 Å². The number of pyridine rings is 1. The van der Waals surface area contributed by atoms with Crippen LogP contribution in [-0.4, -0.2) is 35.8 Å². The molecular weight excluding hydrogens is 450 g/mol. The van der Waals surface area contributed by atoms with Crippen molar-refractivity contribution in [2.75, 3.05) is 14.2 Å². The van der Waals surface area contributed by atoms with Gasteiger partial charge in [0.2, 0.25) is 0 Å². The highest BCUT2D eigenvalue weighted by molar-refractivity contribution is 6.30. The minimum absolute atomic E-state index is 0.194. The van der Waals surface area contributed by atoms with Crippen LogP contribution in [0, 0.1) is 0 Å². The van der Waals surface area contributed by atoms with Gasteiger partial charge in [0.25, 0.3) is 5.91 Å². The van der Waals surface area contributed by atoms with Gasteiger partial charge in [0.1, 0.15) is 16.7 Å². The van der Waals surface area contributed by atoms with Crippen molar-refractivity contribution in [3.63, 3.8) is 0 Å². The van der Waals surface area contributed by atoms with Gasteiger partial charge in [-0.1, -0.05) is 29.8 Å². The van der Waals surface area contributed by atoms with E-state index in [2.05, 4.69) is 4.98 Å². The first-order valence-corrected chi connectivity index (χ1v) is 11.2. The van der Waals surface area contributed by atoms with Crippen molar-refractivity contribution >= 4 is 34.1 Å². The summed E-state index contributed by atoms with van der Waals surface area (Å²) in [5.41, 5.74) is 3.74. The van der Waals surface area contributed by atoms with Crippen molar-refractivity contribution in [3.05, 3.63) is 101 Å². The number of carbonyl (C=O) groups is 1. The maximum atomic E-state index is 13.5. The Balaban J connectivity index is 1.58. The second-order valence-electron chi connectivity index (χ2n) is 7.94. The molecule has 1 aliphatic rings. The molecule has 170 valence electrons. The van der Waals surface area contributed by atoms with Crippen molar-refractivity contribution in [3.8, 4) is 11.5 Å². The van der Waals surface area contributed by atoms with Gasteiger partial charge >= 0.3 is 0 Å². The van der Waals surface area contributed by atoms with Gasteiger partial charge in [-0.3, -0.25) is 4.79 Å². The molecule has 0 fully saturated rings. The number of ether oxygens (including phenoxy) is 2. The predicted molar refractivity (Wildman–Crippen MR) is 133 cm³/mol. The smallest absolute Gasteiger partial charge is 0.274 e. The number of halogens is 1. The fraction of sp³-hybridized carbons (Fsp3) is 0.148. The number of nitrogens with zero attached hydrogens (tertiary/aromatic N) is 3. The van der Waals surface area contributed by atoms with Crippen molar-refractivity contribution in [1.82, 2.24) is 9.99 Å². The summed E-state index contributed by atoms with van der Waals surface area (Å²) in [4.78, 5) is 18.1. The van der Waals surface area contributed by atoms with Gasteiger partial charge in [0.15, 0.2) is 0 Å². The van der Waals surface area contributed by atoms with Crippen molar-refractivity contribution in [2.45, 2.75) is 12.5 Å². The van der Waals surface area contributed by atoms with Crippen LogP contribution in [0.3, 0.4) is 0 Å². The van der Waals surface area contributed by atoms with Crippen LogP contribution in [0.15, 0.2) is 84.0 Å². The zero-order chi connectivity index (χ0) is 23.7. The molecule has 0 spiro atoms. The third-order valence-electron chi connectivity index (χ3n) is 5.93. The van der Waals surface area contributed by atoms with Crippen LogP contribution in [0.2, 0.25) is 5.15 Å². The van der Waals surface area contributed by atoms with Crippen molar-refractivity contribution in [1.29, 1.82) is 0 Å². The molecule has 0 radical (unpaired) electrons. The summed E-state index contributed by atoms with van der Waals surface area (Å²) >= 11 is 6.67. The van der Waals surface area contributed by atoms with E-state index in [9.17, 15) is 4.79 Å². The van der Waals surface area contributed by atoms with Gasteiger partial charge in [-0.05, 0) is 60.2 Å². The average Bonchev–Trinajstić information content (AvgIpc) is 3.33. The lowest BCUT2D eigenvalue weighted by Gasteiger charge is -2.23. The minimum Gasteiger partial charge on any atom is -0.497 e. The second kappa shape index (κ2) is 9.15. The van der Waals surface area contributed by atoms with Crippen LogP contribution in [0.5, 0.6) is 11.5 Å². The number of methoxy groups -OCH3 is 2. The first-order valence-electron chi connectivity index (χ1n) is 10.8. The summed E-state index contributed by atoms with van der Waals surface area (Å²) in [6, 6.07) is 24.0. The first-order chi connectivity index (χ1) is 16.6. The van der Waals surface area contributed by atoms with E-state index >= 15 is 0 Å². The molecule has 0 aliphatic carbocycles. The van der Waals surface area contributed by atoms with Gasteiger partial charge in [-0.15, -0.1) is 0 Å². The molecule has 4 aromatic rings. The molecule has 1 aliphatic heterocycles. The maximum Gasteiger partial charge on any atom is 0.274 e. The lowest BCUT2D eigenvalue weighted by atomic mass is 9.98. The molecule has 0 bridgehead atoms. The fourth-order valence-electron chi connectivity index (χ4n) is 4.11. The Hall–Kier alpha value is -3.90. The predicted octanol–water partition coefficient (Wildman–Crippen LogP) is 5.90. The molecule has 1 atom stereocenters. The Morgan fingerprint density at radius 3 is 2.35 bits per heavy atom. The monoisotopic (exact) mass is 471 g/mol. The Morgan fingerprint density at radius 2 is 1.65 bits per heavy atom. The van der Waals surface area contributed by atoms with E-state index in [1.807, 2.05) is 66.7 Å². The van der Waals surface area contributed by atoms with E-state index in [1.165, 1.54) is 5.01 Å². The zero-order valence-electron chi connectivity index (χ0n) is 18.7. The molecule has 5 rings (SSSR count). The molecule has 34 heavy (non-hydrogen) atoms. The van der Waals surface area contributed by atoms with Gasteiger partial charge < -0.3 is 9.47 Å². The lowest BCUT2D eigenvalue weighted by Crippen LogP contribution is -2.27. The quantitative estimate of drug-likeness (QED) is 0.340. The molecule has 1 amide bonds. The molecule has 1 aromatic heterocycles. The molecule has 0 N–H and O–H groups in total. The van der Waals surface area contributed by atoms with Crippen LogP contribution in [0.1, 0.15) is 33.9 Å². The molecule has 3 aromatic carbocycles. The zero-order valence-corrected chi connectivity index (χ0v) is 19.5. The normalized spacial score (nSPS) is 15.3. The number of rotatable bonds is 5. The van der Waals surface area contributed by atoms with Gasteiger partial charge in [0, 0.05) is 29.0 Å². The Kier molecular flexibility index (Phi) is 5.90. The molecule has 0 saturated carbocycles. The minimum atomic E-state index is -0.392. The first kappa shape index (κ1) is 21.9. The highest BCUT2D eigenvalue weighted by atomic mass is 35.5. The second-order valence-corrected chi connectivity index (χ2v) is 8.30. The van der Waals surface area contributed by atoms with E-state index < -0.39 is 6.04 Å². The molecule has 6 nitrogen and oxygen atoms in total. The van der Waals surface area contributed by atoms with Crippen LogP contribution in [-0.2, 0) is 0 Å². The van der Waals surface area contributed by atoms with E-state index in [0.29, 0.717) is 22.9 Å². The number of carbonyl (C=O) groups excluding carboxylic acids is 1. The summed E-state index contributed by atoms with van der Waals surface area (Å²) in [5.74, 6) is 1.27. The molecule has 2 heterocycles. The Morgan fingerprint density at radius 1 is 0.941 bits per heavy atom. The SMILES string of the molecule is COc1ccc(C2=NN(C(=O)c3ccccc3)[C@@H](c3cc4ccc(OC)cc4nc3Cl)C2)cc1. The topological polar surface area (TPSA) is 64.0 Å². The van der Waals surface area contributed by atoms with Crippen molar-refractivity contribution < 1.29 is 14.3 Å². The summed E-state index contributed by atoms with van der Waals surface area (Å²) in [6.07, 6.45) is 0.508. The number of aromatic nitrogens is 1. The van der Waals surface area contributed by atoms with E-state index in [-0.39, 0.29) is 5.91 Å². The standard InChI is InChI=1S/C27H22ClN3O3/c1-33-20-11-8-17(9-12-20)24-16-25(31(30-24)27(32)18-6-4-3-5-7-18)22-14-19-10-13-21(34-2)15-23(19)29-26(22)28/h3-15,25H,16H2,1-2H3/t25-/m1/s1. The molecule has 0 unspecified atom stereocenters. The average molecular weight is 472 g/mol.